The molecule has 3 heterocycles. The van der Waals surface area contributed by atoms with Crippen LogP contribution in [-0.4, -0.2) is 36.7 Å². The van der Waals surface area contributed by atoms with Crippen LogP contribution in [0.25, 0.3) is 0 Å². The first-order valence-corrected chi connectivity index (χ1v) is 9.61. The van der Waals surface area contributed by atoms with E-state index in [2.05, 4.69) is 18.4 Å². The normalized spacial score (nSPS) is 26.6. The molecule has 4 nitrogen and oxygen atoms in total. The second-order valence-electron chi connectivity index (χ2n) is 5.93. The van der Waals surface area contributed by atoms with E-state index in [1.54, 1.807) is 19.9 Å². The van der Waals surface area contributed by atoms with Gasteiger partial charge in [-0.2, -0.15) is 17.0 Å². The van der Waals surface area contributed by atoms with Crippen molar-refractivity contribution in [3.05, 3.63) is 21.9 Å². The SMILES string of the molecule is CC1CCN(S(=O)(=O)N2CCc3sccc3C2C)CC1. The molecule has 1 aromatic rings. The van der Waals surface area contributed by atoms with Gasteiger partial charge in [0, 0.05) is 30.6 Å². The number of rotatable bonds is 2. The Kier molecular flexibility index (Phi) is 3.92. The van der Waals surface area contributed by atoms with E-state index in [9.17, 15) is 8.42 Å². The monoisotopic (exact) mass is 314 g/mol. The lowest BCUT2D eigenvalue weighted by Gasteiger charge is -2.38. The summed E-state index contributed by atoms with van der Waals surface area (Å²) in [6, 6.07) is 2.04. The summed E-state index contributed by atoms with van der Waals surface area (Å²) in [4.78, 5) is 1.34. The third-order valence-electron chi connectivity index (χ3n) is 4.59. The zero-order valence-electron chi connectivity index (χ0n) is 12.1. The molecule has 112 valence electrons. The second-order valence-corrected chi connectivity index (χ2v) is 8.81. The lowest BCUT2D eigenvalue weighted by Crippen LogP contribution is -2.49. The summed E-state index contributed by atoms with van der Waals surface area (Å²) in [5.41, 5.74) is 1.19. The van der Waals surface area contributed by atoms with E-state index < -0.39 is 10.2 Å². The van der Waals surface area contributed by atoms with Crippen LogP contribution in [0.1, 0.15) is 43.2 Å². The maximum atomic E-state index is 12.8. The van der Waals surface area contributed by atoms with Crippen LogP contribution in [0.4, 0.5) is 0 Å². The first-order valence-electron chi connectivity index (χ1n) is 7.33. The molecule has 1 saturated heterocycles. The summed E-state index contributed by atoms with van der Waals surface area (Å²) in [7, 11) is -3.31. The smallest absolute Gasteiger partial charge is 0.195 e. The maximum Gasteiger partial charge on any atom is 0.282 e. The number of thiophene rings is 1. The number of piperidine rings is 1. The minimum Gasteiger partial charge on any atom is -0.195 e. The van der Waals surface area contributed by atoms with Crippen molar-refractivity contribution in [2.24, 2.45) is 5.92 Å². The predicted octanol–water partition coefficient (Wildman–Crippen LogP) is 2.64. The molecule has 20 heavy (non-hydrogen) atoms. The van der Waals surface area contributed by atoms with Gasteiger partial charge in [0.1, 0.15) is 0 Å². The fourth-order valence-corrected chi connectivity index (χ4v) is 5.93. The Morgan fingerprint density at radius 2 is 1.90 bits per heavy atom. The van der Waals surface area contributed by atoms with Gasteiger partial charge in [-0.25, -0.2) is 0 Å². The molecule has 1 atom stereocenters. The Hall–Kier alpha value is -0.430. The van der Waals surface area contributed by atoms with Gasteiger partial charge < -0.3 is 0 Å². The third-order valence-corrected chi connectivity index (χ3v) is 7.69. The predicted molar refractivity (Wildman–Crippen MR) is 82.0 cm³/mol. The molecule has 1 aromatic heterocycles. The van der Waals surface area contributed by atoms with Crippen molar-refractivity contribution >= 4 is 21.5 Å². The summed E-state index contributed by atoms with van der Waals surface area (Å²) in [5, 5.41) is 2.07. The highest BCUT2D eigenvalue weighted by molar-refractivity contribution is 7.86. The van der Waals surface area contributed by atoms with E-state index in [-0.39, 0.29) is 6.04 Å². The molecule has 0 aliphatic carbocycles. The molecule has 3 rings (SSSR count). The molecule has 0 spiro atoms. The van der Waals surface area contributed by atoms with E-state index in [1.165, 1.54) is 10.4 Å². The Morgan fingerprint density at radius 3 is 2.60 bits per heavy atom. The van der Waals surface area contributed by atoms with Crippen LogP contribution >= 0.6 is 11.3 Å². The molecule has 0 saturated carbocycles. The lowest BCUT2D eigenvalue weighted by molar-refractivity contribution is 0.245. The van der Waals surface area contributed by atoms with Crippen molar-refractivity contribution in [1.82, 2.24) is 8.61 Å². The maximum absolute atomic E-state index is 12.8. The van der Waals surface area contributed by atoms with Gasteiger partial charge in [0.05, 0.1) is 0 Å². The second kappa shape index (κ2) is 5.40. The molecule has 0 aromatic carbocycles. The highest BCUT2D eigenvalue weighted by Gasteiger charge is 2.38. The van der Waals surface area contributed by atoms with Gasteiger partial charge in [0.15, 0.2) is 0 Å². The molecule has 2 aliphatic rings. The van der Waals surface area contributed by atoms with Crippen molar-refractivity contribution in [1.29, 1.82) is 0 Å². The van der Waals surface area contributed by atoms with Crippen LogP contribution in [0.2, 0.25) is 0 Å². The van der Waals surface area contributed by atoms with Crippen molar-refractivity contribution in [3.63, 3.8) is 0 Å². The number of fused-ring (bicyclic) bond motifs is 1. The molecule has 1 unspecified atom stereocenters. The highest BCUT2D eigenvalue weighted by Crippen LogP contribution is 2.35. The van der Waals surface area contributed by atoms with Crippen molar-refractivity contribution in [2.45, 2.75) is 39.2 Å². The van der Waals surface area contributed by atoms with Crippen molar-refractivity contribution < 1.29 is 8.42 Å². The number of hydrogen-bond acceptors (Lipinski definition) is 3. The van der Waals surface area contributed by atoms with Gasteiger partial charge in [-0.15, -0.1) is 11.3 Å². The van der Waals surface area contributed by atoms with Crippen molar-refractivity contribution in [3.8, 4) is 0 Å². The van der Waals surface area contributed by atoms with Gasteiger partial charge in [-0.1, -0.05) is 6.92 Å². The first kappa shape index (κ1) is 14.5. The summed E-state index contributed by atoms with van der Waals surface area (Å²) >= 11 is 1.74. The number of nitrogens with zero attached hydrogens (tertiary/aromatic N) is 2. The largest absolute Gasteiger partial charge is 0.282 e. The fourth-order valence-electron chi connectivity index (χ4n) is 3.17. The number of hydrogen-bond donors (Lipinski definition) is 0. The Bertz CT molecular complexity index is 574. The Balaban J connectivity index is 1.82. The van der Waals surface area contributed by atoms with Gasteiger partial charge in [-0.05, 0) is 49.1 Å². The summed E-state index contributed by atoms with van der Waals surface area (Å²) < 4.78 is 29.1. The van der Waals surface area contributed by atoms with E-state index in [0.717, 1.165) is 19.3 Å². The average molecular weight is 314 g/mol. The summed E-state index contributed by atoms with van der Waals surface area (Å²) in [5.74, 6) is 0.642. The van der Waals surface area contributed by atoms with Crippen LogP contribution in [0, 0.1) is 5.92 Å². The fraction of sp³-hybridized carbons (Fsp3) is 0.714. The molecule has 0 amide bonds. The van der Waals surface area contributed by atoms with Crippen LogP contribution < -0.4 is 0 Å². The first-order chi connectivity index (χ1) is 9.50. The molecular weight excluding hydrogens is 292 g/mol. The zero-order valence-corrected chi connectivity index (χ0v) is 13.7. The van der Waals surface area contributed by atoms with Gasteiger partial charge in [0.25, 0.3) is 10.2 Å². The average Bonchev–Trinajstić information content (AvgIpc) is 2.88. The van der Waals surface area contributed by atoms with Crippen LogP contribution in [-0.2, 0) is 16.6 Å². The molecule has 0 N–H and O–H groups in total. The minimum atomic E-state index is -3.31. The van der Waals surface area contributed by atoms with Crippen LogP contribution in [0.15, 0.2) is 11.4 Å². The van der Waals surface area contributed by atoms with E-state index in [4.69, 9.17) is 0 Å². The molecule has 2 aliphatic heterocycles. The Labute approximate surface area is 125 Å². The summed E-state index contributed by atoms with van der Waals surface area (Å²) in [6.45, 7) is 6.16. The van der Waals surface area contributed by atoms with Gasteiger partial charge in [-0.3, -0.25) is 0 Å². The van der Waals surface area contributed by atoms with Crippen LogP contribution in [0.5, 0.6) is 0 Å². The summed E-state index contributed by atoms with van der Waals surface area (Å²) in [6.07, 6.45) is 2.80. The highest BCUT2D eigenvalue weighted by atomic mass is 32.2. The molecule has 0 bridgehead atoms. The third kappa shape index (κ3) is 2.43. The molecular formula is C14H22N2O2S2. The molecule has 1 fully saturated rings. The van der Waals surface area contributed by atoms with Crippen LogP contribution in [0.3, 0.4) is 0 Å². The minimum absolute atomic E-state index is 0.0330. The van der Waals surface area contributed by atoms with E-state index in [0.29, 0.717) is 25.6 Å². The standard InChI is InChI=1S/C14H22N2O2S2/c1-11-3-7-15(8-4-11)20(17,18)16-9-5-14-13(12(16)2)6-10-19-14/h6,10-12H,3-5,7-9H2,1-2H3. The zero-order chi connectivity index (χ0) is 14.3. The van der Waals surface area contributed by atoms with Crippen molar-refractivity contribution in [2.75, 3.05) is 19.6 Å². The quantitative estimate of drug-likeness (QED) is 0.842. The van der Waals surface area contributed by atoms with Gasteiger partial charge in [0.2, 0.25) is 0 Å². The Morgan fingerprint density at radius 1 is 1.20 bits per heavy atom. The topological polar surface area (TPSA) is 40.6 Å². The molecule has 6 heteroatoms. The van der Waals surface area contributed by atoms with E-state index in [1.807, 2.05) is 6.92 Å². The van der Waals surface area contributed by atoms with Gasteiger partial charge >= 0.3 is 0 Å². The molecule has 0 radical (unpaired) electrons. The van der Waals surface area contributed by atoms with E-state index >= 15 is 0 Å². The lowest BCUT2D eigenvalue weighted by atomic mass is 10.0.